The van der Waals surface area contributed by atoms with Gasteiger partial charge in [0, 0.05) is 6.07 Å². The van der Waals surface area contributed by atoms with Crippen LogP contribution >= 0.6 is 34.8 Å². The number of hydrogen-bond acceptors (Lipinski definition) is 3. The van der Waals surface area contributed by atoms with Gasteiger partial charge in [-0.1, -0.05) is 34.8 Å². The van der Waals surface area contributed by atoms with Gasteiger partial charge >= 0.3 is 5.97 Å². The fourth-order valence-corrected chi connectivity index (χ4v) is 1.58. The van der Waals surface area contributed by atoms with Gasteiger partial charge in [0.05, 0.1) is 22.2 Å². The zero-order valence-electron chi connectivity index (χ0n) is 8.59. The van der Waals surface area contributed by atoms with Gasteiger partial charge in [-0.25, -0.2) is 4.79 Å². The number of ether oxygens (including phenoxy) is 2. The Labute approximate surface area is 108 Å². The Bertz CT molecular complexity index is 407. The molecule has 88 valence electrons. The summed E-state index contributed by atoms with van der Waals surface area (Å²) >= 11 is 17.4. The lowest BCUT2D eigenvalue weighted by atomic mass is 10.3. The lowest BCUT2D eigenvalue weighted by molar-refractivity contribution is -0.147. The Hall–Kier alpha value is -0.640. The van der Waals surface area contributed by atoms with Gasteiger partial charge in [-0.15, -0.1) is 0 Å². The van der Waals surface area contributed by atoms with Crippen molar-refractivity contribution in [2.24, 2.45) is 0 Å². The zero-order chi connectivity index (χ0) is 12.3. The van der Waals surface area contributed by atoms with E-state index < -0.39 is 12.1 Å². The SMILES string of the molecule is COC(=O)[C@@H](C)Oc1cc(Cl)c(Cl)cc1Cl. The molecule has 0 heterocycles. The molecule has 0 amide bonds. The summed E-state index contributed by atoms with van der Waals surface area (Å²) < 4.78 is 9.80. The smallest absolute Gasteiger partial charge is 0.346 e. The van der Waals surface area contributed by atoms with E-state index in [-0.39, 0.29) is 10.8 Å². The number of methoxy groups -OCH3 is 1. The molecular formula is C10H9Cl3O3. The molecule has 0 spiro atoms. The van der Waals surface area contributed by atoms with E-state index in [0.717, 1.165) is 0 Å². The quantitative estimate of drug-likeness (QED) is 0.628. The summed E-state index contributed by atoms with van der Waals surface area (Å²) in [5.74, 6) is -0.212. The van der Waals surface area contributed by atoms with E-state index in [1.54, 1.807) is 6.92 Å². The van der Waals surface area contributed by atoms with Crippen LogP contribution in [0.2, 0.25) is 15.1 Å². The monoisotopic (exact) mass is 282 g/mol. The van der Waals surface area contributed by atoms with Gasteiger partial charge in [-0.05, 0) is 13.0 Å². The summed E-state index contributed by atoms with van der Waals surface area (Å²) in [6, 6.07) is 2.90. The number of esters is 1. The molecule has 0 aliphatic rings. The summed E-state index contributed by atoms with van der Waals surface area (Å²) in [4.78, 5) is 11.1. The molecule has 1 rings (SSSR count). The number of rotatable bonds is 3. The maximum Gasteiger partial charge on any atom is 0.346 e. The molecule has 16 heavy (non-hydrogen) atoms. The van der Waals surface area contributed by atoms with Gasteiger partial charge < -0.3 is 9.47 Å². The number of carbonyl (C=O) groups is 1. The minimum Gasteiger partial charge on any atom is -0.477 e. The first-order valence-electron chi connectivity index (χ1n) is 4.34. The van der Waals surface area contributed by atoms with E-state index in [2.05, 4.69) is 4.74 Å². The van der Waals surface area contributed by atoms with E-state index in [4.69, 9.17) is 39.5 Å². The number of carbonyl (C=O) groups excluding carboxylic acids is 1. The van der Waals surface area contributed by atoms with Gasteiger partial charge in [0.2, 0.25) is 0 Å². The third kappa shape index (κ3) is 3.17. The molecule has 1 aromatic carbocycles. The molecule has 3 nitrogen and oxygen atoms in total. The predicted molar refractivity (Wildman–Crippen MR) is 63.6 cm³/mol. The largest absolute Gasteiger partial charge is 0.477 e. The molecule has 0 aliphatic carbocycles. The second kappa shape index (κ2) is 5.62. The summed E-state index contributed by atoms with van der Waals surface area (Å²) in [5.41, 5.74) is 0. The van der Waals surface area contributed by atoms with E-state index in [1.807, 2.05) is 0 Å². The number of halogens is 3. The minimum absolute atomic E-state index is 0.283. The Balaban J connectivity index is 2.89. The molecule has 0 unspecified atom stereocenters. The van der Waals surface area contributed by atoms with Gasteiger partial charge in [0.1, 0.15) is 5.75 Å². The Kier molecular flexibility index (Phi) is 4.71. The highest BCUT2D eigenvalue weighted by Gasteiger charge is 2.17. The third-order valence-corrected chi connectivity index (χ3v) is 2.83. The van der Waals surface area contributed by atoms with E-state index in [9.17, 15) is 4.79 Å². The average Bonchev–Trinajstić information content (AvgIpc) is 2.24. The van der Waals surface area contributed by atoms with Crippen molar-refractivity contribution in [1.82, 2.24) is 0 Å². The normalized spacial score (nSPS) is 12.1. The second-order valence-electron chi connectivity index (χ2n) is 2.98. The maximum atomic E-state index is 11.1. The molecule has 6 heteroatoms. The molecule has 0 N–H and O–H groups in total. The van der Waals surface area contributed by atoms with Crippen molar-refractivity contribution in [3.05, 3.63) is 27.2 Å². The topological polar surface area (TPSA) is 35.5 Å². The summed E-state index contributed by atoms with van der Waals surface area (Å²) in [5, 5.41) is 0.910. The van der Waals surface area contributed by atoms with Gasteiger partial charge in [-0.3, -0.25) is 0 Å². The molecule has 0 aliphatic heterocycles. The summed E-state index contributed by atoms with van der Waals surface area (Å²) in [6.07, 6.45) is -0.764. The van der Waals surface area contributed by atoms with E-state index >= 15 is 0 Å². The van der Waals surface area contributed by atoms with Crippen LogP contribution in [0, 0.1) is 0 Å². The number of hydrogen-bond donors (Lipinski definition) is 0. The molecule has 0 aromatic heterocycles. The highest BCUT2D eigenvalue weighted by Crippen LogP contribution is 2.34. The van der Waals surface area contributed by atoms with E-state index in [1.165, 1.54) is 19.2 Å². The first-order valence-corrected chi connectivity index (χ1v) is 5.48. The van der Waals surface area contributed by atoms with Crippen molar-refractivity contribution in [1.29, 1.82) is 0 Å². The molecule has 0 radical (unpaired) electrons. The molecule has 1 aromatic rings. The summed E-state index contributed by atoms with van der Waals surface area (Å²) in [6.45, 7) is 1.55. The average molecular weight is 284 g/mol. The zero-order valence-corrected chi connectivity index (χ0v) is 10.9. The van der Waals surface area contributed by atoms with Crippen LogP contribution in [0.5, 0.6) is 5.75 Å². The van der Waals surface area contributed by atoms with Crippen LogP contribution in [0.1, 0.15) is 6.92 Å². The third-order valence-electron chi connectivity index (χ3n) is 1.81. The maximum absolute atomic E-state index is 11.1. The summed E-state index contributed by atoms with van der Waals surface area (Å²) in [7, 11) is 1.28. The van der Waals surface area contributed by atoms with Crippen LogP contribution in [-0.2, 0) is 9.53 Å². The first-order chi connectivity index (χ1) is 7.45. The van der Waals surface area contributed by atoms with Gasteiger partial charge in [0.15, 0.2) is 6.10 Å². The molecule has 1 atom stereocenters. The van der Waals surface area contributed by atoms with Crippen LogP contribution in [0.15, 0.2) is 12.1 Å². The highest BCUT2D eigenvalue weighted by atomic mass is 35.5. The van der Waals surface area contributed by atoms with Crippen LogP contribution in [0.3, 0.4) is 0 Å². The molecule has 0 saturated carbocycles. The lowest BCUT2D eigenvalue weighted by Crippen LogP contribution is -2.25. The predicted octanol–water partition coefficient (Wildman–Crippen LogP) is 3.59. The molecule has 0 bridgehead atoms. The molecule has 0 fully saturated rings. The second-order valence-corrected chi connectivity index (χ2v) is 4.20. The van der Waals surface area contributed by atoms with Crippen LogP contribution in [0.25, 0.3) is 0 Å². The standard InChI is InChI=1S/C10H9Cl3O3/c1-5(10(14)15-2)16-9-4-7(12)6(11)3-8(9)13/h3-5H,1-2H3/t5-/m1/s1. The van der Waals surface area contributed by atoms with Crippen molar-refractivity contribution in [2.75, 3.05) is 7.11 Å². The van der Waals surface area contributed by atoms with E-state index in [0.29, 0.717) is 10.0 Å². The van der Waals surface area contributed by atoms with Crippen molar-refractivity contribution >= 4 is 40.8 Å². The molecular weight excluding hydrogens is 274 g/mol. The van der Waals surface area contributed by atoms with Crippen LogP contribution in [-0.4, -0.2) is 19.2 Å². The van der Waals surface area contributed by atoms with Crippen LogP contribution < -0.4 is 4.74 Å². The van der Waals surface area contributed by atoms with Crippen molar-refractivity contribution in [3.8, 4) is 5.75 Å². The van der Waals surface area contributed by atoms with Crippen molar-refractivity contribution < 1.29 is 14.3 Å². The highest BCUT2D eigenvalue weighted by molar-refractivity contribution is 6.43. The van der Waals surface area contributed by atoms with Crippen molar-refractivity contribution in [2.45, 2.75) is 13.0 Å². The first kappa shape index (κ1) is 13.4. The van der Waals surface area contributed by atoms with Gasteiger partial charge in [-0.2, -0.15) is 0 Å². The lowest BCUT2D eigenvalue weighted by Gasteiger charge is -2.14. The molecule has 0 saturated heterocycles. The fraction of sp³-hybridized carbons (Fsp3) is 0.300. The fourth-order valence-electron chi connectivity index (χ4n) is 0.999. The Morgan fingerprint density at radius 2 is 1.75 bits per heavy atom. The number of benzene rings is 1. The minimum atomic E-state index is -0.764. The van der Waals surface area contributed by atoms with Crippen LogP contribution in [0.4, 0.5) is 0 Å². The Morgan fingerprint density at radius 3 is 2.31 bits per heavy atom. The van der Waals surface area contributed by atoms with Gasteiger partial charge in [0.25, 0.3) is 0 Å². The van der Waals surface area contributed by atoms with Crippen molar-refractivity contribution in [3.63, 3.8) is 0 Å². The Morgan fingerprint density at radius 1 is 1.19 bits per heavy atom.